The van der Waals surface area contributed by atoms with Crippen molar-refractivity contribution in [1.82, 2.24) is 15.1 Å². The zero-order valence-corrected chi connectivity index (χ0v) is 19.5. The first-order valence-electron chi connectivity index (χ1n) is 11.2. The lowest BCUT2D eigenvalue weighted by Crippen LogP contribution is -2.47. The van der Waals surface area contributed by atoms with Gasteiger partial charge in [-0.1, -0.05) is 29.3 Å². The van der Waals surface area contributed by atoms with Gasteiger partial charge in [-0.3, -0.25) is 14.9 Å². The van der Waals surface area contributed by atoms with Crippen molar-refractivity contribution in [2.75, 3.05) is 36.0 Å². The molecule has 2 aliphatic rings. The molecule has 0 spiro atoms. The maximum Gasteiger partial charge on any atom is 0.416 e. The van der Waals surface area contributed by atoms with E-state index < -0.39 is 38.9 Å². The zero-order chi connectivity index (χ0) is 24.9. The SMILES string of the molecule is Cc1c(C(F)(F)F)cc2c(=O)nc(N3CCN(c4nc(C5CCCC5)no4)CC3)sc2c1[N+](=O)[O-]. The average Bonchev–Trinajstić information content (AvgIpc) is 3.50. The molecule has 14 heteroatoms. The van der Waals surface area contributed by atoms with Gasteiger partial charge in [0, 0.05) is 37.7 Å². The summed E-state index contributed by atoms with van der Waals surface area (Å²) < 4.78 is 45.6. The molecule has 1 aliphatic carbocycles. The van der Waals surface area contributed by atoms with Crippen molar-refractivity contribution in [3.8, 4) is 0 Å². The van der Waals surface area contributed by atoms with E-state index in [4.69, 9.17) is 4.52 Å². The fraction of sp³-hybridized carbons (Fsp3) is 0.524. The number of benzene rings is 1. The van der Waals surface area contributed by atoms with Crippen LogP contribution in [0.1, 0.15) is 48.6 Å². The van der Waals surface area contributed by atoms with Crippen molar-refractivity contribution in [2.45, 2.75) is 44.7 Å². The second kappa shape index (κ2) is 8.73. The molecule has 0 bridgehead atoms. The van der Waals surface area contributed by atoms with Crippen LogP contribution in [0.2, 0.25) is 0 Å². The standard InChI is InChI=1S/C21H21F3N6O4S/c1-11-14(21(22,23)24)10-13-16(15(11)30(32)33)35-20(26-18(13)31)29-8-6-28(7-9-29)19-25-17(27-34-19)12-4-2-3-5-12/h10,12H,2-9H2,1H3. The van der Waals surface area contributed by atoms with E-state index in [1.807, 2.05) is 4.90 Å². The Balaban J connectivity index is 1.41. The number of rotatable bonds is 4. The van der Waals surface area contributed by atoms with E-state index >= 15 is 0 Å². The molecule has 0 atom stereocenters. The third kappa shape index (κ3) is 4.30. The van der Waals surface area contributed by atoms with Gasteiger partial charge in [-0.2, -0.15) is 23.1 Å². The largest absolute Gasteiger partial charge is 0.416 e. The first-order chi connectivity index (χ1) is 16.6. The summed E-state index contributed by atoms with van der Waals surface area (Å²) in [5.41, 5.74) is -3.38. The third-order valence-corrected chi connectivity index (χ3v) is 7.74. The highest BCUT2D eigenvalue weighted by molar-refractivity contribution is 7.22. The number of hydrogen-bond acceptors (Lipinski definition) is 10. The molecule has 1 saturated carbocycles. The number of nitrogens with zero attached hydrogens (tertiary/aromatic N) is 6. The molecule has 186 valence electrons. The van der Waals surface area contributed by atoms with Crippen molar-refractivity contribution >= 4 is 38.3 Å². The summed E-state index contributed by atoms with van der Waals surface area (Å²) in [6, 6.07) is 1.08. The number of aromatic nitrogens is 3. The fourth-order valence-corrected chi connectivity index (χ4v) is 5.91. The number of nitro groups is 1. The minimum Gasteiger partial charge on any atom is -0.344 e. The van der Waals surface area contributed by atoms with Gasteiger partial charge in [0.15, 0.2) is 11.0 Å². The van der Waals surface area contributed by atoms with Crippen molar-refractivity contribution in [1.29, 1.82) is 0 Å². The summed E-state index contributed by atoms with van der Waals surface area (Å²) in [4.78, 5) is 35.7. The summed E-state index contributed by atoms with van der Waals surface area (Å²) in [5, 5.41) is 15.6. The maximum absolute atomic E-state index is 13.4. The first-order valence-corrected chi connectivity index (χ1v) is 12.0. The molecule has 3 aromatic rings. The van der Waals surface area contributed by atoms with Crippen molar-refractivity contribution in [2.24, 2.45) is 0 Å². The van der Waals surface area contributed by atoms with E-state index in [0.717, 1.165) is 49.8 Å². The number of alkyl halides is 3. The van der Waals surface area contributed by atoms with Gasteiger partial charge >= 0.3 is 12.2 Å². The lowest BCUT2D eigenvalue weighted by molar-refractivity contribution is -0.383. The molecular formula is C21H21F3N6O4S. The number of hydrogen-bond donors (Lipinski definition) is 0. The zero-order valence-electron chi connectivity index (χ0n) is 18.7. The van der Waals surface area contributed by atoms with E-state index in [1.54, 1.807) is 4.90 Å². The molecule has 0 amide bonds. The van der Waals surface area contributed by atoms with Crippen LogP contribution in [0.15, 0.2) is 15.4 Å². The monoisotopic (exact) mass is 510 g/mol. The predicted molar refractivity (Wildman–Crippen MR) is 122 cm³/mol. The topological polar surface area (TPSA) is 119 Å². The first kappa shape index (κ1) is 23.5. The van der Waals surface area contributed by atoms with Gasteiger partial charge in [0.25, 0.3) is 11.2 Å². The van der Waals surface area contributed by atoms with Gasteiger partial charge in [0.05, 0.1) is 15.9 Å². The molecule has 2 aromatic heterocycles. The normalized spacial score (nSPS) is 17.5. The second-order valence-corrected chi connectivity index (χ2v) is 9.70. The smallest absolute Gasteiger partial charge is 0.344 e. The quantitative estimate of drug-likeness (QED) is 0.375. The van der Waals surface area contributed by atoms with Crippen molar-refractivity contribution < 1.29 is 22.6 Å². The number of anilines is 2. The highest BCUT2D eigenvalue weighted by Crippen LogP contribution is 2.42. The lowest BCUT2D eigenvalue weighted by Gasteiger charge is -2.33. The molecule has 0 radical (unpaired) electrons. The lowest BCUT2D eigenvalue weighted by atomic mass is 10.0. The molecule has 1 aliphatic heterocycles. The molecule has 0 N–H and O–H groups in total. The van der Waals surface area contributed by atoms with Gasteiger partial charge in [-0.05, 0) is 25.8 Å². The van der Waals surface area contributed by atoms with E-state index in [1.165, 1.54) is 0 Å². The van der Waals surface area contributed by atoms with Crippen LogP contribution in [-0.4, -0.2) is 46.2 Å². The predicted octanol–water partition coefficient (Wildman–Crippen LogP) is 4.26. The number of nitro benzene ring substituents is 1. The maximum atomic E-state index is 13.4. The molecule has 35 heavy (non-hydrogen) atoms. The minimum atomic E-state index is -4.83. The fourth-order valence-electron chi connectivity index (χ4n) is 4.71. The van der Waals surface area contributed by atoms with Crippen LogP contribution in [0.25, 0.3) is 10.1 Å². The Kier molecular flexibility index (Phi) is 5.85. The Hall–Kier alpha value is -3.29. The molecule has 1 saturated heterocycles. The van der Waals surface area contributed by atoms with Gasteiger partial charge in [0.1, 0.15) is 4.70 Å². The highest BCUT2D eigenvalue weighted by Gasteiger charge is 2.38. The number of halogens is 3. The van der Waals surface area contributed by atoms with Gasteiger partial charge in [-0.25, -0.2) is 0 Å². The Morgan fingerprint density at radius 1 is 1.14 bits per heavy atom. The van der Waals surface area contributed by atoms with Gasteiger partial charge in [0.2, 0.25) is 0 Å². The summed E-state index contributed by atoms with van der Waals surface area (Å²) >= 11 is 0.850. The molecule has 5 rings (SSSR count). The van der Waals surface area contributed by atoms with Crippen LogP contribution in [0.5, 0.6) is 0 Å². The van der Waals surface area contributed by atoms with E-state index in [9.17, 15) is 28.1 Å². The van der Waals surface area contributed by atoms with E-state index in [2.05, 4.69) is 15.1 Å². The Morgan fingerprint density at radius 3 is 2.43 bits per heavy atom. The van der Waals surface area contributed by atoms with Gasteiger partial charge < -0.3 is 14.3 Å². The highest BCUT2D eigenvalue weighted by atomic mass is 32.1. The van der Waals surface area contributed by atoms with E-state index in [0.29, 0.717) is 44.2 Å². The van der Waals surface area contributed by atoms with Crippen LogP contribution in [-0.2, 0) is 6.18 Å². The van der Waals surface area contributed by atoms with Crippen molar-refractivity contribution in [3.05, 3.63) is 43.5 Å². The van der Waals surface area contributed by atoms with Crippen LogP contribution in [0, 0.1) is 17.0 Å². The third-order valence-electron chi connectivity index (χ3n) is 6.59. The average molecular weight is 510 g/mol. The summed E-state index contributed by atoms with van der Waals surface area (Å²) in [5.74, 6) is 1.04. The number of fused-ring (bicyclic) bond motifs is 1. The molecule has 2 fully saturated rings. The second-order valence-electron chi connectivity index (χ2n) is 8.72. The molecular weight excluding hydrogens is 489 g/mol. The van der Waals surface area contributed by atoms with Crippen LogP contribution in [0.3, 0.4) is 0 Å². The molecule has 0 unspecified atom stereocenters. The minimum absolute atomic E-state index is 0.115. The molecule has 1 aromatic carbocycles. The Labute approximate surface area is 200 Å². The summed E-state index contributed by atoms with van der Waals surface area (Å²) in [7, 11) is 0. The Bertz CT molecular complexity index is 1340. The van der Waals surface area contributed by atoms with Crippen LogP contribution >= 0.6 is 11.3 Å². The van der Waals surface area contributed by atoms with Crippen LogP contribution in [0.4, 0.5) is 30.0 Å². The molecule has 3 heterocycles. The summed E-state index contributed by atoms with van der Waals surface area (Å²) in [6.07, 6.45) is -0.416. The number of piperazine rings is 1. The Morgan fingerprint density at radius 2 is 1.80 bits per heavy atom. The summed E-state index contributed by atoms with van der Waals surface area (Å²) in [6.45, 7) is 2.86. The van der Waals surface area contributed by atoms with E-state index in [-0.39, 0.29) is 9.83 Å². The van der Waals surface area contributed by atoms with Crippen LogP contribution < -0.4 is 15.4 Å². The van der Waals surface area contributed by atoms with Gasteiger partial charge in [-0.15, -0.1) is 0 Å². The van der Waals surface area contributed by atoms with Crippen molar-refractivity contribution in [3.63, 3.8) is 0 Å². The molecule has 10 nitrogen and oxygen atoms in total.